The van der Waals surface area contributed by atoms with Crippen LogP contribution in [0.15, 0.2) is 84.9 Å². The van der Waals surface area contributed by atoms with Gasteiger partial charge in [0, 0.05) is 29.3 Å². The zero-order valence-electron chi connectivity index (χ0n) is 20.0. The molecule has 0 fully saturated rings. The van der Waals surface area contributed by atoms with Crippen molar-refractivity contribution in [2.24, 2.45) is 0 Å². The molecule has 0 aliphatic carbocycles. The second kappa shape index (κ2) is 8.93. The molecule has 0 saturated carbocycles. The molecular weight excluding hydrogens is 486 g/mol. The van der Waals surface area contributed by atoms with Crippen LogP contribution in [0.1, 0.15) is 38.2 Å². The van der Waals surface area contributed by atoms with Gasteiger partial charge in [-0.3, -0.25) is 10.1 Å². The third-order valence-corrected chi connectivity index (χ3v) is 7.05. The monoisotopic (exact) mass is 509 g/mol. The SMILES string of the molecule is O=C1OC2(c3ccc(O)cc3Oc3c2ccc(O)c3CNC(Cc2ccccc2)C(=O)O)c2ccccc21. The van der Waals surface area contributed by atoms with E-state index in [2.05, 4.69) is 5.32 Å². The van der Waals surface area contributed by atoms with Gasteiger partial charge in [0.25, 0.3) is 0 Å². The standard InChI is InChI=1S/C30H23NO7/c32-18-10-11-22-26(15-18)37-27-20(16-31-24(28(34)35)14-17-6-2-1-3-7-17)25(33)13-12-23(27)30(22)21-9-5-4-8-19(21)29(36)38-30/h1-13,15,24,31-33H,14,16H2,(H,34,35). The average Bonchev–Trinajstić information content (AvgIpc) is 3.20. The van der Waals surface area contributed by atoms with E-state index in [-0.39, 0.29) is 36.0 Å². The van der Waals surface area contributed by atoms with Crippen LogP contribution < -0.4 is 10.1 Å². The van der Waals surface area contributed by atoms with Crippen LogP contribution in [-0.2, 0) is 28.1 Å². The second-order valence-electron chi connectivity index (χ2n) is 9.30. The first-order valence-electron chi connectivity index (χ1n) is 12.1. The summed E-state index contributed by atoms with van der Waals surface area (Å²) in [5, 5.41) is 33.9. The topological polar surface area (TPSA) is 125 Å². The van der Waals surface area contributed by atoms with Gasteiger partial charge < -0.3 is 24.8 Å². The highest BCUT2D eigenvalue weighted by atomic mass is 16.6. The van der Waals surface area contributed by atoms with E-state index in [1.54, 1.807) is 30.3 Å². The van der Waals surface area contributed by atoms with E-state index in [0.29, 0.717) is 27.8 Å². The Balaban J connectivity index is 1.46. The first-order valence-corrected chi connectivity index (χ1v) is 12.1. The fourth-order valence-corrected chi connectivity index (χ4v) is 5.26. The molecule has 6 rings (SSSR count). The van der Waals surface area contributed by atoms with Crippen molar-refractivity contribution in [2.45, 2.75) is 24.6 Å². The predicted molar refractivity (Wildman–Crippen MR) is 136 cm³/mol. The smallest absolute Gasteiger partial charge is 0.340 e. The van der Waals surface area contributed by atoms with Crippen molar-refractivity contribution in [3.63, 3.8) is 0 Å². The van der Waals surface area contributed by atoms with Crippen LogP contribution >= 0.6 is 0 Å². The minimum atomic E-state index is -1.37. The molecule has 2 heterocycles. The maximum absolute atomic E-state index is 13.0. The van der Waals surface area contributed by atoms with E-state index in [4.69, 9.17) is 9.47 Å². The van der Waals surface area contributed by atoms with Gasteiger partial charge in [0.2, 0.25) is 0 Å². The predicted octanol–water partition coefficient (Wildman–Crippen LogP) is 4.45. The highest BCUT2D eigenvalue weighted by Crippen LogP contribution is 2.58. The number of carbonyl (C=O) groups excluding carboxylic acids is 1. The molecule has 0 saturated heterocycles. The van der Waals surface area contributed by atoms with Crippen LogP contribution in [0, 0.1) is 0 Å². The Morgan fingerprint density at radius 2 is 1.63 bits per heavy atom. The number of hydrogen-bond donors (Lipinski definition) is 4. The minimum absolute atomic E-state index is 0.0430. The Morgan fingerprint density at radius 3 is 2.42 bits per heavy atom. The lowest BCUT2D eigenvalue weighted by molar-refractivity contribution is -0.139. The molecule has 38 heavy (non-hydrogen) atoms. The number of esters is 1. The Bertz CT molecular complexity index is 1580. The third kappa shape index (κ3) is 3.65. The van der Waals surface area contributed by atoms with E-state index >= 15 is 0 Å². The summed E-state index contributed by atoms with van der Waals surface area (Å²) in [7, 11) is 0. The average molecular weight is 510 g/mol. The largest absolute Gasteiger partial charge is 0.508 e. The van der Waals surface area contributed by atoms with E-state index in [1.807, 2.05) is 36.4 Å². The zero-order valence-corrected chi connectivity index (χ0v) is 20.0. The maximum Gasteiger partial charge on any atom is 0.340 e. The normalized spacial score (nSPS) is 17.6. The van der Waals surface area contributed by atoms with Gasteiger partial charge in [0.05, 0.1) is 11.1 Å². The number of nitrogens with one attached hydrogen (secondary N) is 1. The van der Waals surface area contributed by atoms with E-state index in [0.717, 1.165) is 5.56 Å². The molecule has 4 aromatic rings. The molecule has 0 aromatic heterocycles. The first kappa shape index (κ1) is 23.6. The molecule has 4 N–H and O–H groups in total. The van der Waals surface area contributed by atoms with E-state index < -0.39 is 23.6 Å². The van der Waals surface area contributed by atoms with Gasteiger partial charge in [0.15, 0.2) is 5.60 Å². The fraction of sp³-hybridized carbons (Fsp3) is 0.133. The number of fused-ring (bicyclic) bond motifs is 6. The lowest BCUT2D eigenvalue weighted by Crippen LogP contribution is -2.38. The molecule has 0 bridgehead atoms. The second-order valence-corrected chi connectivity index (χ2v) is 9.30. The highest BCUT2D eigenvalue weighted by molar-refractivity contribution is 5.97. The molecule has 2 unspecified atom stereocenters. The summed E-state index contributed by atoms with van der Waals surface area (Å²) in [6.45, 7) is -0.0430. The van der Waals surface area contributed by atoms with Gasteiger partial charge in [-0.25, -0.2) is 4.79 Å². The van der Waals surface area contributed by atoms with Crippen molar-refractivity contribution >= 4 is 11.9 Å². The third-order valence-electron chi connectivity index (χ3n) is 7.05. The van der Waals surface area contributed by atoms with Crippen LogP contribution in [-0.4, -0.2) is 33.3 Å². The quantitative estimate of drug-likeness (QED) is 0.281. The van der Waals surface area contributed by atoms with Crippen molar-refractivity contribution in [1.82, 2.24) is 5.32 Å². The van der Waals surface area contributed by atoms with Crippen LogP contribution in [0.3, 0.4) is 0 Å². The van der Waals surface area contributed by atoms with Crippen molar-refractivity contribution in [3.8, 4) is 23.0 Å². The summed E-state index contributed by atoms with van der Waals surface area (Å²) in [4.78, 5) is 25.0. The highest BCUT2D eigenvalue weighted by Gasteiger charge is 2.54. The van der Waals surface area contributed by atoms with Crippen molar-refractivity contribution in [1.29, 1.82) is 0 Å². The van der Waals surface area contributed by atoms with Crippen LogP contribution in [0.5, 0.6) is 23.0 Å². The number of aromatic hydroxyl groups is 2. The number of rotatable bonds is 6. The summed E-state index contributed by atoms with van der Waals surface area (Å²) in [5.74, 6) is -1.22. The molecule has 8 nitrogen and oxygen atoms in total. The van der Waals surface area contributed by atoms with Crippen LogP contribution in [0.25, 0.3) is 0 Å². The number of carbonyl (C=O) groups is 2. The summed E-state index contributed by atoms with van der Waals surface area (Å²) < 4.78 is 12.3. The number of hydrogen-bond acceptors (Lipinski definition) is 7. The van der Waals surface area contributed by atoms with Crippen molar-refractivity contribution in [3.05, 3.63) is 118 Å². The molecule has 8 heteroatoms. The lowest BCUT2D eigenvalue weighted by atomic mass is 9.77. The molecule has 0 amide bonds. The summed E-state index contributed by atoms with van der Waals surface area (Å²) in [6, 6.07) is 23.0. The number of phenolic OH excluding ortho intramolecular Hbond substituents is 2. The van der Waals surface area contributed by atoms with Gasteiger partial charge in [-0.15, -0.1) is 0 Å². The summed E-state index contributed by atoms with van der Waals surface area (Å²) in [5.41, 5.74) is 1.80. The Labute approximate surface area is 217 Å². The van der Waals surface area contributed by atoms with Crippen molar-refractivity contribution < 1.29 is 34.4 Å². The van der Waals surface area contributed by atoms with Gasteiger partial charge in [0.1, 0.15) is 29.0 Å². The number of benzene rings is 4. The number of carboxylic acids is 1. The van der Waals surface area contributed by atoms with Gasteiger partial charge in [-0.1, -0.05) is 48.5 Å². The molecule has 1 spiro atoms. The number of aliphatic carboxylic acids is 1. The first-order chi connectivity index (χ1) is 18.4. The van der Waals surface area contributed by atoms with Gasteiger partial charge >= 0.3 is 11.9 Å². The Hall–Kier alpha value is -4.82. The van der Waals surface area contributed by atoms with Crippen LogP contribution in [0.4, 0.5) is 0 Å². The van der Waals surface area contributed by atoms with Crippen molar-refractivity contribution in [2.75, 3.05) is 0 Å². The summed E-state index contributed by atoms with van der Waals surface area (Å²) >= 11 is 0. The molecule has 2 aliphatic heterocycles. The molecule has 2 atom stereocenters. The minimum Gasteiger partial charge on any atom is -0.508 e. The molecule has 2 aliphatic rings. The molecule has 4 aromatic carbocycles. The Kier molecular flexibility index (Phi) is 5.54. The number of ether oxygens (including phenoxy) is 2. The van der Waals surface area contributed by atoms with E-state index in [1.165, 1.54) is 18.2 Å². The summed E-state index contributed by atoms with van der Waals surface area (Å²) in [6.07, 6.45) is 0.235. The Morgan fingerprint density at radius 1 is 0.895 bits per heavy atom. The number of phenols is 2. The molecular formula is C30H23NO7. The zero-order chi connectivity index (χ0) is 26.4. The fourth-order valence-electron chi connectivity index (χ4n) is 5.26. The van der Waals surface area contributed by atoms with Gasteiger partial charge in [-0.05, 0) is 42.3 Å². The molecule has 190 valence electrons. The van der Waals surface area contributed by atoms with E-state index in [9.17, 15) is 24.9 Å². The molecule has 0 radical (unpaired) electrons. The number of carboxylic acid groups (broad SMARTS) is 1. The lowest BCUT2D eigenvalue weighted by Gasteiger charge is -2.37. The maximum atomic E-state index is 13.0. The van der Waals surface area contributed by atoms with Crippen LogP contribution in [0.2, 0.25) is 0 Å². The van der Waals surface area contributed by atoms with Gasteiger partial charge in [-0.2, -0.15) is 0 Å².